The first-order chi connectivity index (χ1) is 13.5. The molecule has 2 aromatic carbocycles. The van der Waals surface area contributed by atoms with Gasteiger partial charge in [-0.15, -0.1) is 0 Å². The first-order valence-corrected chi connectivity index (χ1v) is 9.95. The van der Waals surface area contributed by atoms with E-state index in [2.05, 4.69) is 15.9 Å². The number of fused-ring (bicyclic) bond motifs is 3. The van der Waals surface area contributed by atoms with E-state index in [0.29, 0.717) is 30.2 Å². The SMILES string of the molecule is COc1cc2c(cc1OC)C1(Cc3ccccc3Br)OC(C)=CC(=O)N1CC2. The lowest BCUT2D eigenvalue weighted by Gasteiger charge is -2.50. The molecule has 0 radical (unpaired) electrons. The number of carbonyl (C=O) groups excluding carboxylic acids is 1. The molecule has 2 aromatic rings. The number of hydrogen-bond acceptors (Lipinski definition) is 4. The van der Waals surface area contributed by atoms with Gasteiger partial charge in [0.05, 0.1) is 14.2 Å². The molecular weight excluding hydrogens is 422 g/mol. The molecule has 0 bridgehead atoms. The first kappa shape index (κ1) is 18.9. The Kier molecular flexibility index (Phi) is 4.83. The number of amides is 1. The van der Waals surface area contributed by atoms with Crippen molar-refractivity contribution in [2.45, 2.75) is 25.5 Å². The molecular formula is C22H22BrNO4. The molecule has 28 heavy (non-hydrogen) atoms. The van der Waals surface area contributed by atoms with Crippen LogP contribution >= 0.6 is 15.9 Å². The lowest BCUT2D eigenvalue weighted by Crippen LogP contribution is -2.57. The summed E-state index contributed by atoms with van der Waals surface area (Å²) >= 11 is 3.64. The van der Waals surface area contributed by atoms with Crippen LogP contribution in [-0.2, 0) is 28.1 Å². The summed E-state index contributed by atoms with van der Waals surface area (Å²) in [6, 6.07) is 12.0. The minimum Gasteiger partial charge on any atom is -0.493 e. The summed E-state index contributed by atoms with van der Waals surface area (Å²) in [5.41, 5.74) is 2.18. The number of allylic oxidation sites excluding steroid dienone is 1. The summed E-state index contributed by atoms with van der Waals surface area (Å²) in [6.45, 7) is 2.40. The van der Waals surface area contributed by atoms with Crippen molar-refractivity contribution in [3.8, 4) is 11.5 Å². The molecule has 4 rings (SSSR count). The van der Waals surface area contributed by atoms with Gasteiger partial charge in [-0.05, 0) is 42.7 Å². The van der Waals surface area contributed by atoms with E-state index in [-0.39, 0.29) is 5.91 Å². The standard InChI is InChI=1S/C22H22BrNO4/c1-14-10-21(25)24-9-8-15-11-19(26-2)20(27-3)12-17(15)22(24,28-14)13-16-6-4-5-7-18(16)23/h4-7,10-12H,8-9,13H2,1-3H3. The van der Waals surface area contributed by atoms with Gasteiger partial charge in [0, 0.05) is 29.1 Å². The zero-order chi connectivity index (χ0) is 19.9. The van der Waals surface area contributed by atoms with Gasteiger partial charge in [-0.2, -0.15) is 0 Å². The van der Waals surface area contributed by atoms with Gasteiger partial charge in [0.2, 0.25) is 5.72 Å². The normalized spacial score (nSPS) is 20.6. The van der Waals surface area contributed by atoms with E-state index >= 15 is 0 Å². The molecule has 0 aliphatic carbocycles. The van der Waals surface area contributed by atoms with E-state index in [1.165, 1.54) is 0 Å². The molecule has 5 nitrogen and oxygen atoms in total. The summed E-state index contributed by atoms with van der Waals surface area (Å²) in [5.74, 6) is 1.88. The number of carbonyl (C=O) groups is 1. The lowest BCUT2D eigenvalue weighted by atomic mass is 9.83. The third kappa shape index (κ3) is 2.96. The van der Waals surface area contributed by atoms with Gasteiger partial charge in [-0.1, -0.05) is 34.1 Å². The molecule has 1 atom stereocenters. The van der Waals surface area contributed by atoms with Gasteiger partial charge >= 0.3 is 0 Å². The van der Waals surface area contributed by atoms with Crippen LogP contribution in [0.3, 0.4) is 0 Å². The highest BCUT2D eigenvalue weighted by Crippen LogP contribution is 2.47. The Hall–Kier alpha value is -2.47. The van der Waals surface area contributed by atoms with E-state index in [1.54, 1.807) is 20.3 Å². The largest absolute Gasteiger partial charge is 0.493 e. The molecule has 2 heterocycles. The van der Waals surface area contributed by atoms with Crippen LogP contribution in [0.25, 0.3) is 0 Å². The summed E-state index contributed by atoms with van der Waals surface area (Å²) in [4.78, 5) is 14.7. The monoisotopic (exact) mass is 443 g/mol. The maximum absolute atomic E-state index is 12.9. The average Bonchev–Trinajstić information content (AvgIpc) is 2.68. The van der Waals surface area contributed by atoms with Crippen molar-refractivity contribution in [1.82, 2.24) is 4.90 Å². The van der Waals surface area contributed by atoms with E-state index in [0.717, 1.165) is 27.6 Å². The van der Waals surface area contributed by atoms with Crippen LogP contribution in [0.2, 0.25) is 0 Å². The molecule has 2 aliphatic rings. The van der Waals surface area contributed by atoms with Crippen LogP contribution in [0, 0.1) is 0 Å². The Bertz CT molecular complexity index is 971. The first-order valence-electron chi connectivity index (χ1n) is 9.16. The van der Waals surface area contributed by atoms with Crippen LogP contribution in [0.1, 0.15) is 23.6 Å². The number of benzene rings is 2. The number of halogens is 1. The molecule has 0 fully saturated rings. The minimum atomic E-state index is -0.924. The molecule has 0 N–H and O–H groups in total. The van der Waals surface area contributed by atoms with Crippen LogP contribution in [-0.4, -0.2) is 31.6 Å². The van der Waals surface area contributed by atoms with Crippen molar-refractivity contribution < 1.29 is 19.0 Å². The maximum atomic E-state index is 12.9. The predicted octanol–water partition coefficient (Wildman–Crippen LogP) is 4.18. The summed E-state index contributed by atoms with van der Waals surface area (Å²) in [6.07, 6.45) is 2.81. The van der Waals surface area contributed by atoms with Gasteiger partial charge in [0.1, 0.15) is 5.76 Å². The summed E-state index contributed by atoms with van der Waals surface area (Å²) in [7, 11) is 3.24. The molecule has 146 valence electrons. The number of ether oxygens (including phenoxy) is 3. The van der Waals surface area contributed by atoms with E-state index in [4.69, 9.17) is 14.2 Å². The number of methoxy groups -OCH3 is 2. The third-order valence-electron chi connectivity index (χ3n) is 5.38. The molecule has 0 aromatic heterocycles. The van der Waals surface area contributed by atoms with Crippen molar-refractivity contribution in [3.05, 3.63) is 69.4 Å². The van der Waals surface area contributed by atoms with Crippen LogP contribution in [0.4, 0.5) is 0 Å². The minimum absolute atomic E-state index is 0.0313. The zero-order valence-electron chi connectivity index (χ0n) is 16.1. The highest BCUT2D eigenvalue weighted by Gasteiger charge is 2.50. The summed E-state index contributed by atoms with van der Waals surface area (Å²) in [5, 5.41) is 0. The zero-order valence-corrected chi connectivity index (χ0v) is 17.7. The van der Waals surface area contributed by atoms with Crippen LogP contribution < -0.4 is 9.47 Å². The number of hydrogen-bond donors (Lipinski definition) is 0. The van der Waals surface area contributed by atoms with Crippen molar-refractivity contribution >= 4 is 21.8 Å². The molecule has 0 saturated carbocycles. The van der Waals surface area contributed by atoms with Crippen molar-refractivity contribution in [2.75, 3.05) is 20.8 Å². The fourth-order valence-corrected chi connectivity index (χ4v) is 4.55. The molecule has 2 aliphatic heterocycles. The molecule has 6 heteroatoms. The predicted molar refractivity (Wildman–Crippen MR) is 109 cm³/mol. The van der Waals surface area contributed by atoms with Gasteiger partial charge in [0.15, 0.2) is 11.5 Å². The molecule has 1 unspecified atom stereocenters. The quantitative estimate of drug-likeness (QED) is 0.710. The Morgan fingerprint density at radius 1 is 1.18 bits per heavy atom. The smallest absolute Gasteiger partial charge is 0.253 e. The van der Waals surface area contributed by atoms with E-state index in [9.17, 15) is 4.79 Å². The van der Waals surface area contributed by atoms with Gasteiger partial charge in [-0.3, -0.25) is 9.69 Å². The van der Waals surface area contributed by atoms with Crippen molar-refractivity contribution in [1.29, 1.82) is 0 Å². The van der Waals surface area contributed by atoms with E-state index in [1.807, 2.05) is 48.2 Å². The average molecular weight is 444 g/mol. The second kappa shape index (κ2) is 7.17. The van der Waals surface area contributed by atoms with E-state index < -0.39 is 5.72 Å². The molecule has 0 spiro atoms. The fourth-order valence-electron chi connectivity index (χ4n) is 4.12. The highest BCUT2D eigenvalue weighted by atomic mass is 79.9. The third-order valence-corrected chi connectivity index (χ3v) is 6.16. The van der Waals surface area contributed by atoms with Gasteiger partial charge < -0.3 is 14.2 Å². The Morgan fingerprint density at radius 3 is 2.61 bits per heavy atom. The fraction of sp³-hybridized carbons (Fsp3) is 0.318. The lowest BCUT2D eigenvalue weighted by molar-refractivity contribution is -0.175. The number of rotatable bonds is 4. The summed E-state index contributed by atoms with van der Waals surface area (Å²) < 4.78 is 18.5. The second-order valence-electron chi connectivity index (χ2n) is 7.01. The van der Waals surface area contributed by atoms with Crippen LogP contribution in [0.5, 0.6) is 11.5 Å². The topological polar surface area (TPSA) is 48.0 Å². The van der Waals surface area contributed by atoms with Crippen molar-refractivity contribution in [2.24, 2.45) is 0 Å². The Labute approximate surface area is 173 Å². The maximum Gasteiger partial charge on any atom is 0.253 e. The Morgan fingerprint density at radius 2 is 1.89 bits per heavy atom. The van der Waals surface area contributed by atoms with Gasteiger partial charge in [-0.25, -0.2) is 0 Å². The molecule has 1 amide bonds. The number of nitrogens with zero attached hydrogens (tertiary/aromatic N) is 1. The molecule has 0 saturated heterocycles. The highest BCUT2D eigenvalue weighted by molar-refractivity contribution is 9.10. The second-order valence-corrected chi connectivity index (χ2v) is 7.87. The van der Waals surface area contributed by atoms with Gasteiger partial charge in [0.25, 0.3) is 5.91 Å². The van der Waals surface area contributed by atoms with Crippen molar-refractivity contribution in [3.63, 3.8) is 0 Å². The Balaban J connectivity index is 1.94. The van der Waals surface area contributed by atoms with Crippen LogP contribution in [0.15, 0.2) is 52.7 Å².